The van der Waals surface area contributed by atoms with Crippen molar-refractivity contribution in [1.29, 1.82) is 0 Å². The first-order chi connectivity index (χ1) is 16.1. The molecule has 0 fully saturated rings. The second-order valence-corrected chi connectivity index (χ2v) is 8.04. The molecule has 4 aromatic rings. The number of fused-ring (bicyclic) bond motifs is 1. The summed E-state index contributed by atoms with van der Waals surface area (Å²) in [6, 6.07) is 12.1. The van der Waals surface area contributed by atoms with Crippen LogP contribution in [-0.4, -0.2) is 41.8 Å². The molecule has 33 heavy (non-hydrogen) atoms. The number of aromatic nitrogens is 6. The Labute approximate surface area is 193 Å². The number of nitrogens with zero attached hydrogens (tertiary/aromatic N) is 6. The number of benzene rings is 1. The quantitative estimate of drug-likeness (QED) is 0.381. The van der Waals surface area contributed by atoms with Crippen LogP contribution in [0.4, 0.5) is 11.8 Å². The lowest BCUT2D eigenvalue weighted by Crippen LogP contribution is -2.21. The van der Waals surface area contributed by atoms with Crippen molar-refractivity contribution in [3.63, 3.8) is 0 Å². The van der Waals surface area contributed by atoms with Gasteiger partial charge < -0.3 is 10.6 Å². The Morgan fingerprint density at radius 3 is 2.61 bits per heavy atom. The molecule has 0 saturated carbocycles. The van der Waals surface area contributed by atoms with E-state index in [2.05, 4.69) is 39.8 Å². The minimum atomic E-state index is -0.132. The Morgan fingerprint density at radius 1 is 1.09 bits per heavy atom. The summed E-state index contributed by atoms with van der Waals surface area (Å²) in [5, 5.41) is 10.6. The standard InChI is InChI=1S/C24H30N8O/c1-4-15-31-21-19(27-24(31)32-16-9-13-26-32)20(28-22(33)17(3)5-2)29-23(30-21)25-14-12-18-10-7-6-8-11-18/h6-11,13,16-17H,4-5,12,14-15H2,1-3H3,(H2,25,28,29,30,33). The van der Waals surface area contributed by atoms with E-state index < -0.39 is 0 Å². The molecule has 2 N–H and O–H groups in total. The zero-order valence-electron chi connectivity index (χ0n) is 19.3. The van der Waals surface area contributed by atoms with E-state index in [9.17, 15) is 4.79 Å². The lowest BCUT2D eigenvalue weighted by molar-refractivity contribution is -0.119. The first kappa shape index (κ1) is 22.4. The number of aryl methyl sites for hydroxylation is 1. The second-order valence-electron chi connectivity index (χ2n) is 8.04. The van der Waals surface area contributed by atoms with Gasteiger partial charge in [-0.2, -0.15) is 15.1 Å². The molecule has 0 spiro atoms. The molecule has 0 radical (unpaired) electrons. The predicted molar refractivity (Wildman–Crippen MR) is 129 cm³/mol. The van der Waals surface area contributed by atoms with E-state index in [0.29, 0.717) is 42.0 Å². The topological polar surface area (TPSA) is 103 Å². The third-order valence-electron chi connectivity index (χ3n) is 5.57. The number of nitrogens with one attached hydrogen (secondary N) is 2. The van der Waals surface area contributed by atoms with E-state index in [4.69, 9.17) is 9.97 Å². The molecule has 0 saturated heterocycles. The van der Waals surface area contributed by atoms with Crippen molar-refractivity contribution in [3.8, 4) is 5.95 Å². The minimum Gasteiger partial charge on any atom is -0.354 e. The molecule has 1 aromatic carbocycles. The number of imidazole rings is 1. The Bertz CT molecular complexity index is 1200. The highest BCUT2D eigenvalue weighted by Gasteiger charge is 2.21. The van der Waals surface area contributed by atoms with Gasteiger partial charge >= 0.3 is 0 Å². The van der Waals surface area contributed by atoms with Crippen molar-refractivity contribution in [3.05, 3.63) is 54.4 Å². The first-order valence-electron chi connectivity index (χ1n) is 11.5. The fourth-order valence-corrected chi connectivity index (χ4v) is 3.54. The van der Waals surface area contributed by atoms with Crippen molar-refractivity contribution in [2.24, 2.45) is 5.92 Å². The Hall–Kier alpha value is -3.75. The van der Waals surface area contributed by atoms with Crippen molar-refractivity contribution < 1.29 is 4.79 Å². The number of carbonyl (C=O) groups excluding carboxylic acids is 1. The molecule has 0 aliphatic heterocycles. The fraction of sp³-hybridized carbons (Fsp3) is 0.375. The van der Waals surface area contributed by atoms with Gasteiger partial charge in [0.1, 0.15) is 0 Å². The second kappa shape index (κ2) is 10.2. The van der Waals surface area contributed by atoms with Crippen LogP contribution in [0.15, 0.2) is 48.8 Å². The largest absolute Gasteiger partial charge is 0.354 e. The summed E-state index contributed by atoms with van der Waals surface area (Å²) in [5.74, 6) is 1.30. The van der Waals surface area contributed by atoms with Crippen molar-refractivity contribution in [2.75, 3.05) is 17.2 Å². The van der Waals surface area contributed by atoms with Gasteiger partial charge in [-0.05, 0) is 30.9 Å². The van der Waals surface area contributed by atoms with Gasteiger partial charge in [-0.25, -0.2) is 9.67 Å². The molecule has 0 bridgehead atoms. The van der Waals surface area contributed by atoms with Gasteiger partial charge in [-0.15, -0.1) is 0 Å². The zero-order valence-corrected chi connectivity index (χ0v) is 19.3. The van der Waals surface area contributed by atoms with Crippen LogP contribution in [0.2, 0.25) is 0 Å². The van der Waals surface area contributed by atoms with Gasteiger partial charge in [-0.3, -0.25) is 9.36 Å². The Morgan fingerprint density at radius 2 is 1.91 bits per heavy atom. The van der Waals surface area contributed by atoms with E-state index in [0.717, 1.165) is 19.3 Å². The smallest absolute Gasteiger partial charge is 0.233 e. The molecule has 1 atom stereocenters. The lowest BCUT2D eigenvalue weighted by atomic mass is 10.1. The molecular formula is C24H30N8O. The highest BCUT2D eigenvalue weighted by molar-refractivity contribution is 5.98. The summed E-state index contributed by atoms with van der Waals surface area (Å²) < 4.78 is 3.73. The molecular weight excluding hydrogens is 416 g/mol. The summed E-state index contributed by atoms with van der Waals surface area (Å²) in [6.45, 7) is 7.37. The summed E-state index contributed by atoms with van der Waals surface area (Å²) in [4.78, 5) is 26.9. The highest BCUT2D eigenvalue weighted by atomic mass is 16.1. The third-order valence-corrected chi connectivity index (χ3v) is 5.57. The van der Waals surface area contributed by atoms with Crippen LogP contribution in [0, 0.1) is 5.92 Å². The van der Waals surface area contributed by atoms with Gasteiger partial charge in [0.2, 0.25) is 17.8 Å². The molecule has 172 valence electrons. The maximum atomic E-state index is 12.7. The van der Waals surface area contributed by atoms with Crippen molar-refractivity contribution in [1.82, 2.24) is 29.3 Å². The summed E-state index contributed by atoms with van der Waals surface area (Å²) in [5.41, 5.74) is 2.45. The van der Waals surface area contributed by atoms with E-state index >= 15 is 0 Å². The van der Waals surface area contributed by atoms with Gasteiger partial charge in [0, 0.05) is 31.4 Å². The fourth-order valence-electron chi connectivity index (χ4n) is 3.54. The summed E-state index contributed by atoms with van der Waals surface area (Å²) in [7, 11) is 0. The van der Waals surface area contributed by atoms with Crippen LogP contribution >= 0.6 is 0 Å². The summed E-state index contributed by atoms with van der Waals surface area (Å²) >= 11 is 0. The van der Waals surface area contributed by atoms with Gasteiger partial charge in [0.15, 0.2) is 17.0 Å². The van der Waals surface area contributed by atoms with Crippen LogP contribution in [0.3, 0.4) is 0 Å². The maximum Gasteiger partial charge on any atom is 0.233 e. The lowest BCUT2D eigenvalue weighted by Gasteiger charge is -2.12. The summed E-state index contributed by atoms with van der Waals surface area (Å²) in [6.07, 6.45) is 6.03. The van der Waals surface area contributed by atoms with E-state index in [1.54, 1.807) is 10.9 Å². The SMILES string of the molecule is CCCn1c(-n2cccn2)nc2c(NC(=O)C(C)CC)nc(NCCc3ccccc3)nc21. The normalized spacial score (nSPS) is 12.1. The molecule has 1 amide bonds. The van der Waals surface area contributed by atoms with E-state index in [1.807, 2.05) is 48.9 Å². The molecule has 3 heterocycles. The van der Waals surface area contributed by atoms with Crippen LogP contribution in [0.25, 0.3) is 17.1 Å². The molecule has 0 aliphatic rings. The number of hydrogen-bond acceptors (Lipinski definition) is 6. The zero-order chi connectivity index (χ0) is 23.2. The molecule has 9 nitrogen and oxygen atoms in total. The number of amides is 1. The first-order valence-corrected chi connectivity index (χ1v) is 11.5. The monoisotopic (exact) mass is 446 g/mol. The average Bonchev–Trinajstić information content (AvgIpc) is 3.48. The molecule has 3 aromatic heterocycles. The number of hydrogen-bond donors (Lipinski definition) is 2. The molecule has 0 aliphatic carbocycles. The van der Waals surface area contributed by atoms with Gasteiger partial charge in [0.25, 0.3) is 0 Å². The maximum absolute atomic E-state index is 12.7. The van der Waals surface area contributed by atoms with Gasteiger partial charge in [-0.1, -0.05) is 51.1 Å². The van der Waals surface area contributed by atoms with Crippen molar-refractivity contribution in [2.45, 2.75) is 46.6 Å². The van der Waals surface area contributed by atoms with Crippen LogP contribution in [-0.2, 0) is 17.8 Å². The predicted octanol–water partition coefficient (Wildman–Crippen LogP) is 4.06. The van der Waals surface area contributed by atoms with E-state index in [-0.39, 0.29) is 11.8 Å². The minimum absolute atomic E-state index is 0.0848. The highest BCUT2D eigenvalue weighted by Crippen LogP contribution is 2.25. The molecule has 1 unspecified atom stereocenters. The molecule has 4 rings (SSSR count). The van der Waals surface area contributed by atoms with Crippen molar-refractivity contribution >= 4 is 28.8 Å². The Balaban J connectivity index is 1.73. The molecule has 9 heteroatoms. The number of rotatable bonds is 10. The van der Waals surface area contributed by atoms with E-state index in [1.165, 1.54) is 5.56 Å². The average molecular weight is 447 g/mol. The Kier molecular flexibility index (Phi) is 6.97. The third kappa shape index (κ3) is 5.02. The van der Waals surface area contributed by atoms with Crippen LogP contribution in [0.5, 0.6) is 0 Å². The van der Waals surface area contributed by atoms with Gasteiger partial charge in [0.05, 0.1) is 0 Å². The number of anilines is 2. The van der Waals surface area contributed by atoms with Crippen LogP contribution < -0.4 is 10.6 Å². The van der Waals surface area contributed by atoms with Crippen LogP contribution in [0.1, 0.15) is 39.2 Å². The number of carbonyl (C=O) groups is 1.